The third kappa shape index (κ3) is 5.51. The number of sulfonamides is 1. The number of hydrogen-bond acceptors (Lipinski definition) is 7. The first-order valence-corrected chi connectivity index (χ1v) is 16.6. The van der Waals surface area contributed by atoms with E-state index in [1.54, 1.807) is 0 Å². The largest absolute Gasteiger partial charge is 0.449 e. The first-order chi connectivity index (χ1) is 17.9. The quantitative estimate of drug-likeness (QED) is 0.385. The molecular weight excluding hydrogens is 506 g/mol. The maximum absolute atomic E-state index is 12.0. The summed E-state index contributed by atoms with van der Waals surface area (Å²) in [4.78, 5) is 12.0. The first-order valence-electron chi connectivity index (χ1n) is 14.9. The number of amides is 1. The maximum Gasteiger partial charge on any atom is 0.420 e. The molecule has 4 fully saturated rings. The predicted octanol–water partition coefficient (Wildman–Crippen LogP) is 4.34. The zero-order chi connectivity index (χ0) is 27.9. The van der Waals surface area contributed by atoms with Crippen molar-refractivity contribution in [1.82, 2.24) is 4.72 Å². The monoisotopic (exact) mass is 557 g/mol. The third-order valence-corrected chi connectivity index (χ3v) is 12.9. The van der Waals surface area contributed by atoms with Gasteiger partial charge in [0.05, 0.1) is 31.2 Å². The van der Waals surface area contributed by atoms with E-state index in [4.69, 9.17) is 9.47 Å². The Bertz CT molecular complexity index is 943. The Morgan fingerprint density at radius 3 is 2.39 bits per heavy atom. The molecule has 4 aliphatic carbocycles. The van der Waals surface area contributed by atoms with Gasteiger partial charge in [-0.15, -0.1) is 0 Å². The zero-order valence-corrected chi connectivity index (χ0v) is 24.8. The smallest absolute Gasteiger partial charge is 0.420 e. The van der Waals surface area contributed by atoms with Crippen molar-refractivity contribution in [3.63, 3.8) is 0 Å². The average Bonchev–Trinajstić information content (AvgIpc) is 3.21. The van der Waals surface area contributed by atoms with Gasteiger partial charge in [-0.1, -0.05) is 34.1 Å². The molecule has 220 valence electrons. The minimum absolute atomic E-state index is 0.0123. The third-order valence-electron chi connectivity index (χ3n) is 11.8. The second-order valence-electron chi connectivity index (χ2n) is 13.4. The summed E-state index contributed by atoms with van der Waals surface area (Å²) in [7, 11) is -2.35. The summed E-state index contributed by atoms with van der Waals surface area (Å²) in [5, 5.41) is 22.3. The summed E-state index contributed by atoms with van der Waals surface area (Å²) in [5.41, 5.74) is 0.336. The van der Waals surface area contributed by atoms with E-state index in [2.05, 4.69) is 27.7 Å². The van der Waals surface area contributed by atoms with Gasteiger partial charge in [-0.05, 0) is 104 Å². The fourth-order valence-corrected chi connectivity index (χ4v) is 10.7. The molecular formula is C29H51NO7S. The van der Waals surface area contributed by atoms with Crippen LogP contribution in [0.5, 0.6) is 0 Å². The van der Waals surface area contributed by atoms with Crippen LogP contribution in [0.25, 0.3) is 0 Å². The van der Waals surface area contributed by atoms with Gasteiger partial charge in [0.1, 0.15) is 0 Å². The molecule has 4 saturated carbocycles. The van der Waals surface area contributed by atoms with Crippen LogP contribution in [0.4, 0.5) is 4.79 Å². The van der Waals surface area contributed by atoms with E-state index in [-0.39, 0.29) is 47.9 Å². The van der Waals surface area contributed by atoms with E-state index < -0.39 is 16.1 Å². The fourth-order valence-electron chi connectivity index (χ4n) is 9.87. The van der Waals surface area contributed by atoms with Gasteiger partial charge < -0.3 is 19.7 Å². The molecule has 38 heavy (non-hydrogen) atoms. The standard InChI is InChI=1S/C29H51NO7S/c1-6-20-24-17-19(31)9-12-29(24,4)23-10-13-28(3)21(7-8-22(28)25(23)26(20)32)18(2)11-14-37-27(33)30-38(34,35)16-15-36-5/h18-26,31-32H,6-17H2,1-5H3,(H,30,33)/t18-,19-,20-,21-,22+,23+,24+,25+,26-,28-,29-/m1/s1. The summed E-state index contributed by atoms with van der Waals surface area (Å²) in [6.45, 7) is 9.52. The van der Waals surface area contributed by atoms with E-state index in [0.717, 1.165) is 51.4 Å². The molecule has 0 spiro atoms. The van der Waals surface area contributed by atoms with Crippen LogP contribution in [0.2, 0.25) is 0 Å². The lowest BCUT2D eigenvalue weighted by atomic mass is 9.41. The van der Waals surface area contributed by atoms with E-state index in [0.29, 0.717) is 41.9 Å². The van der Waals surface area contributed by atoms with Crippen molar-refractivity contribution in [3.05, 3.63) is 0 Å². The zero-order valence-electron chi connectivity index (χ0n) is 24.0. The Balaban J connectivity index is 1.40. The maximum atomic E-state index is 12.0. The lowest BCUT2D eigenvalue weighted by Gasteiger charge is -2.64. The highest BCUT2D eigenvalue weighted by molar-refractivity contribution is 7.90. The lowest BCUT2D eigenvalue weighted by Crippen LogP contribution is -2.62. The number of nitrogens with one attached hydrogen (secondary N) is 1. The summed E-state index contributed by atoms with van der Waals surface area (Å²) < 4.78 is 35.7. The molecule has 9 heteroatoms. The predicted molar refractivity (Wildman–Crippen MR) is 146 cm³/mol. The van der Waals surface area contributed by atoms with Crippen LogP contribution < -0.4 is 4.72 Å². The number of aliphatic hydroxyl groups excluding tert-OH is 2. The SMILES string of the molecule is CC[C@H]1[C@@H](O)[C@@H]2[C@H](CC[C@]3(C)[C@@H]([C@H](C)CCOC(=O)NS(=O)(=O)CCOC)CC[C@@H]23)[C@@]2(C)CC[C@@H](O)C[C@@H]12. The van der Waals surface area contributed by atoms with Crippen LogP contribution in [-0.4, -0.2) is 63.0 Å². The molecule has 0 radical (unpaired) electrons. The molecule has 0 aromatic heterocycles. The highest BCUT2D eigenvalue weighted by Gasteiger charge is 2.64. The molecule has 0 heterocycles. The van der Waals surface area contributed by atoms with Crippen molar-refractivity contribution >= 4 is 16.1 Å². The fraction of sp³-hybridized carbons (Fsp3) is 0.966. The number of aliphatic hydroxyl groups is 2. The average molecular weight is 558 g/mol. The van der Waals surface area contributed by atoms with Gasteiger partial charge in [0.15, 0.2) is 0 Å². The van der Waals surface area contributed by atoms with Crippen LogP contribution in [0, 0.1) is 52.3 Å². The van der Waals surface area contributed by atoms with Crippen molar-refractivity contribution in [2.24, 2.45) is 52.3 Å². The Morgan fingerprint density at radius 2 is 1.71 bits per heavy atom. The van der Waals surface area contributed by atoms with E-state index in [9.17, 15) is 23.4 Å². The summed E-state index contributed by atoms with van der Waals surface area (Å²) >= 11 is 0. The van der Waals surface area contributed by atoms with Crippen molar-refractivity contribution in [3.8, 4) is 0 Å². The lowest BCUT2D eigenvalue weighted by molar-refractivity contribution is -0.203. The van der Waals surface area contributed by atoms with Crippen molar-refractivity contribution in [2.75, 3.05) is 26.1 Å². The number of carbonyl (C=O) groups excluding carboxylic acids is 1. The van der Waals surface area contributed by atoms with E-state index in [1.165, 1.54) is 7.11 Å². The van der Waals surface area contributed by atoms with Gasteiger partial charge in [0.25, 0.3) is 0 Å². The molecule has 1 amide bonds. The molecule has 11 atom stereocenters. The minimum Gasteiger partial charge on any atom is -0.449 e. The van der Waals surface area contributed by atoms with Crippen molar-refractivity contribution in [2.45, 2.75) is 97.7 Å². The molecule has 0 aromatic rings. The highest BCUT2D eigenvalue weighted by Crippen LogP contribution is 2.69. The number of ether oxygens (including phenoxy) is 2. The highest BCUT2D eigenvalue weighted by atomic mass is 32.2. The molecule has 0 bridgehead atoms. The van der Waals surface area contributed by atoms with Crippen molar-refractivity contribution in [1.29, 1.82) is 0 Å². The number of fused-ring (bicyclic) bond motifs is 5. The van der Waals surface area contributed by atoms with E-state index >= 15 is 0 Å². The van der Waals surface area contributed by atoms with Crippen molar-refractivity contribution < 1.29 is 32.9 Å². The summed E-state index contributed by atoms with van der Waals surface area (Å²) in [5.74, 6) is 2.48. The first kappa shape index (κ1) is 30.1. The number of carbonyl (C=O) groups is 1. The van der Waals surface area contributed by atoms with Crippen LogP contribution in [0.15, 0.2) is 0 Å². The van der Waals surface area contributed by atoms with Gasteiger partial charge in [-0.25, -0.2) is 17.9 Å². The number of hydrogen-bond donors (Lipinski definition) is 3. The van der Waals surface area contributed by atoms with Gasteiger partial charge in [-0.2, -0.15) is 0 Å². The molecule has 0 unspecified atom stereocenters. The Kier molecular flexibility index (Phi) is 9.13. The number of methoxy groups -OCH3 is 1. The normalized spacial score (nSPS) is 43.4. The molecule has 3 N–H and O–H groups in total. The van der Waals surface area contributed by atoms with Crippen LogP contribution in [-0.2, 0) is 19.5 Å². The van der Waals surface area contributed by atoms with E-state index in [1.807, 2.05) is 4.72 Å². The molecule has 0 saturated heterocycles. The second-order valence-corrected chi connectivity index (χ2v) is 15.3. The van der Waals surface area contributed by atoms with Crippen LogP contribution in [0.3, 0.4) is 0 Å². The Hall–Kier alpha value is -0.900. The van der Waals surface area contributed by atoms with Crippen LogP contribution >= 0.6 is 0 Å². The minimum atomic E-state index is -3.76. The Morgan fingerprint density at radius 1 is 1.03 bits per heavy atom. The molecule has 0 aromatic carbocycles. The van der Waals surface area contributed by atoms with Gasteiger partial charge in [-0.3, -0.25) is 0 Å². The van der Waals surface area contributed by atoms with Gasteiger partial charge in [0.2, 0.25) is 10.0 Å². The topological polar surface area (TPSA) is 122 Å². The van der Waals surface area contributed by atoms with Gasteiger partial charge in [0, 0.05) is 7.11 Å². The summed E-state index contributed by atoms with van der Waals surface area (Å²) in [6, 6.07) is 0. The molecule has 8 nitrogen and oxygen atoms in total. The van der Waals surface area contributed by atoms with Gasteiger partial charge >= 0.3 is 6.09 Å². The van der Waals surface area contributed by atoms with Crippen LogP contribution in [0.1, 0.15) is 85.5 Å². The molecule has 0 aliphatic heterocycles. The number of rotatable bonds is 9. The second kappa shape index (κ2) is 11.5. The Labute approximate surface area is 229 Å². The summed E-state index contributed by atoms with van der Waals surface area (Å²) in [6.07, 6.45) is 7.49. The molecule has 4 rings (SSSR count). The molecule has 4 aliphatic rings.